The van der Waals surface area contributed by atoms with E-state index >= 15 is 0 Å². The molecule has 2 rings (SSSR count). The van der Waals surface area contributed by atoms with E-state index in [1.54, 1.807) is 0 Å². The molecule has 0 aromatic carbocycles. The Kier molecular flexibility index (Phi) is 0.870. The SMILES string of the molecule is C[C@H]1CC[C@]2(C)C=C[C@H]12. The van der Waals surface area contributed by atoms with E-state index in [4.69, 9.17) is 0 Å². The molecule has 0 heterocycles. The predicted molar refractivity (Wildman–Crippen MR) is 39.1 cm³/mol. The van der Waals surface area contributed by atoms with Crippen LogP contribution in [0.5, 0.6) is 0 Å². The Morgan fingerprint density at radius 2 is 2.33 bits per heavy atom. The van der Waals surface area contributed by atoms with E-state index in [1.807, 2.05) is 0 Å². The molecule has 0 unspecified atom stereocenters. The van der Waals surface area contributed by atoms with Crippen molar-refractivity contribution >= 4 is 0 Å². The van der Waals surface area contributed by atoms with Gasteiger partial charge in [-0.3, -0.25) is 0 Å². The third-order valence-electron chi connectivity index (χ3n) is 3.20. The molecule has 0 spiro atoms. The summed E-state index contributed by atoms with van der Waals surface area (Å²) in [5.74, 6) is 1.89. The van der Waals surface area contributed by atoms with Gasteiger partial charge in [-0.25, -0.2) is 0 Å². The van der Waals surface area contributed by atoms with Crippen LogP contribution in [0.25, 0.3) is 0 Å². The van der Waals surface area contributed by atoms with Gasteiger partial charge in [0.05, 0.1) is 0 Å². The van der Waals surface area contributed by atoms with Gasteiger partial charge in [-0.2, -0.15) is 0 Å². The van der Waals surface area contributed by atoms with E-state index in [9.17, 15) is 0 Å². The highest BCUT2D eigenvalue weighted by atomic mass is 14.5. The van der Waals surface area contributed by atoms with E-state index in [2.05, 4.69) is 26.0 Å². The summed E-state index contributed by atoms with van der Waals surface area (Å²) in [6.07, 6.45) is 7.64. The quantitative estimate of drug-likeness (QED) is 0.433. The van der Waals surface area contributed by atoms with Gasteiger partial charge in [0.15, 0.2) is 0 Å². The minimum Gasteiger partial charge on any atom is -0.0837 e. The van der Waals surface area contributed by atoms with Gasteiger partial charge in [0, 0.05) is 0 Å². The minimum absolute atomic E-state index is 0.624. The lowest BCUT2D eigenvalue weighted by Gasteiger charge is -2.36. The zero-order chi connectivity index (χ0) is 6.48. The lowest BCUT2D eigenvalue weighted by molar-refractivity contribution is 0.282. The van der Waals surface area contributed by atoms with Gasteiger partial charge in [0.1, 0.15) is 0 Å². The fraction of sp³-hybridized carbons (Fsp3) is 0.778. The molecule has 9 heavy (non-hydrogen) atoms. The zero-order valence-electron chi connectivity index (χ0n) is 6.22. The maximum Gasteiger partial charge on any atom is -0.00810 e. The average molecular weight is 122 g/mol. The van der Waals surface area contributed by atoms with Gasteiger partial charge in [-0.05, 0) is 30.1 Å². The molecule has 0 aliphatic heterocycles. The monoisotopic (exact) mass is 122 g/mol. The van der Waals surface area contributed by atoms with Crippen molar-refractivity contribution in [1.82, 2.24) is 0 Å². The molecule has 0 nitrogen and oxygen atoms in total. The summed E-state index contributed by atoms with van der Waals surface area (Å²) < 4.78 is 0. The number of fused-ring (bicyclic) bond motifs is 1. The molecule has 0 N–H and O–H groups in total. The Bertz CT molecular complexity index is 157. The second kappa shape index (κ2) is 1.42. The third kappa shape index (κ3) is 0.540. The van der Waals surface area contributed by atoms with Crippen LogP contribution in [0.2, 0.25) is 0 Å². The molecule has 0 radical (unpaired) electrons. The predicted octanol–water partition coefficient (Wildman–Crippen LogP) is 2.61. The van der Waals surface area contributed by atoms with Crippen molar-refractivity contribution in [2.75, 3.05) is 0 Å². The second-order valence-electron chi connectivity index (χ2n) is 3.91. The summed E-state index contributed by atoms with van der Waals surface area (Å²) in [5.41, 5.74) is 0.624. The van der Waals surface area contributed by atoms with Crippen LogP contribution in [0.4, 0.5) is 0 Å². The van der Waals surface area contributed by atoms with Gasteiger partial charge in [0.2, 0.25) is 0 Å². The van der Waals surface area contributed by atoms with Crippen LogP contribution >= 0.6 is 0 Å². The van der Waals surface area contributed by atoms with Crippen molar-refractivity contribution in [3.63, 3.8) is 0 Å². The molecular weight excluding hydrogens is 108 g/mol. The molecule has 3 atom stereocenters. The fourth-order valence-corrected chi connectivity index (χ4v) is 2.34. The first-order chi connectivity index (χ1) is 4.22. The molecule has 2 aliphatic rings. The van der Waals surface area contributed by atoms with Crippen LogP contribution < -0.4 is 0 Å². The lowest BCUT2D eigenvalue weighted by Crippen LogP contribution is -2.27. The topological polar surface area (TPSA) is 0 Å². The summed E-state index contributed by atoms with van der Waals surface area (Å²) in [6, 6.07) is 0. The molecule has 0 aromatic rings. The van der Waals surface area contributed by atoms with Crippen molar-refractivity contribution in [3.8, 4) is 0 Å². The maximum atomic E-state index is 2.39. The Morgan fingerprint density at radius 3 is 2.56 bits per heavy atom. The number of hydrogen-bond acceptors (Lipinski definition) is 0. The molecule has 0 heteroatoms. The first kappa shape index (κ1) is 5.52. The van der Waals surface area contributed by atoms with Crippen LogP contribution in [0, 0.1) is 17.3 Å². The molecule has 1 fully saturated rings. The van der Waals surface area contributed by atoms with Crippen LogP contribution in [-0.2, 0) is 0 Å². The summed E-state index contributed by atoms with van der Waals surface area (Å²) in [6.45, 7) is 4.76. The second-order valence-corrected chi connectivity index (χ2v) is 3.91. The molecule has 1 saturated carbocycles. The van der Waals surface area contributed by atoms with Gasteiger partial charge >= 0.3 is 0 Å². The highest BCUT2D eigenvalue weighted by Gasteiger charge is 2.44. The minimum atomic E-state index is 0.624. The van der Waals surface area contributed by atoms with Crippen LogP contribution in [-0.4, -0.2) is 0 Å². The summed E-state index contributed by atoms with van der Waals surface area (Å²) in [4.78, 5) is 0. The van der Waals surface area contributed by atoms with E-state index in [-0.39, 0.29) is 0 Å². The lowest BCUT2D eigenvalue weighted by atomic mass is 9.69. The van der Waals surface area contributed by atoms with Crippen molar-refractivity contribution in [3.05, 3.63) is 12.2 Å². The molecule has 0 saturated heterocycles. The molecule has 2 aliphatic carbocycles. The Balaban J connectivity index is 2.25. The molecular formula is C9H14. The highest BCUT2D eigenvalue weighted by molar-refractivity contribution is 5.21. The van der Waals surface area contributed by atoms with Gasteiger partial charge in [-0.15, -0.1) is 0 Å². The maximum absolute atomic E-state index is 2.39. The highest BCUT2D eigenvalue weighted by Crippen LogP contribution is 2.54. The van der Waals surface area contributed by atoms with Gasteiger partial charge < -0.3 is 0 Å². The van der Waals surface area contributed by atoms with Crippen LogP contribution in [0.15, 0.2) is 12.2 Å². The Hall–Kier alpha value is -0.260. The first-order valence-corrected chi connectivity index (χ1v) is 3.92. The number of hydrogen-bond donors (Lipinski definition) is 0. The average Bonchev–Trinajstić information content (AvgIpc) is 1.93. The Labute approximate surface area is 57.0 Å². The van der Waals surface area contributed by atoms with Gasteiger partial charge in [-0.1, -0.05) is 26.0 Å². The van der Waals surface area contributed by atoms with Gasteiger partial charge in [0.25, 0.3) is 0 Å². The molecule has 0 bridgehead atoms. The standard InChI is InChI=1S/C9H14/c1-7-3-5-9(2)6-4-8(7)9/h4,6-8H,3,5H2,1-2H3/t7-,8+,9+/m0/s1. The van der Waals surface area contributed by atoms with Crippen molar-refractivity contribution < 1.29 is 0 Å². The number of rotatable bonds is 0. The van der Waals surface area contributed by atoms with Crippen molar-refractivity contribution in [2.45, 2.75) is 26.7 Å². The zero-order valence-corrected chi connectivity index (χ0v) is 6.22. The summed E-state index contributed by atoms with van der Waals surface area (Å²) in [7, 11) is 0. The molecule has 0 amide bonds. The summed E-state index contributed by atoms with van der Waals surface area (Å²) in [5, 5.41) is 0. The smallest absolute Gasteiger partial charge is 0.00810 e. The fourth-order valence-electron chi connectivity index (χ4n) is 2.34. The molecule has 0 aromatic heterocycles. The van der Waals surface area contributed by atoms with E-state index in [0.717, 1.165) is 11.8 Å². The number of allylic oxidation sites excluding steroid dienone is 2. The first-order valence-electron chi connectivity index (χ1n) is 3.92. The van der Waals surface area contributed by atoms with Crippen molar-refractivity contribution in [2.24, 2.45) is 17.3 Å². The Morgan fingerprint density at radius 1 is 1.56 bits per heavy atom. The van der Waals surface area contributed by atoms with Crippen molar-refractivity contribution in [1.29, 1.82) is 0 Å². The van der Waals surface area contributed by atoms with Crippen LogP contribution in [0.3, 0.4) is 0 Å². The van der Waals surface area contributed by atoms with E-state index < -0.39 is 0 Å². The molecule has 50 valence electrons. The largest absolute Gasteiger partial charge is 0.0837 e. The third-order valence-corrected chi connectivity index (χ3v) is 3.20. The summed E-state index contributed by atoms with van der Waals surface area (Å²) >= 11 is 0. The normalized spacial score (nSPS) is 54.9. The van der Waals surface area contributed by atoms with Crippen LogP contribution in [0.1, 0.15) is 26.7 Å². The van der Waals surface area contributed by atoms with E-state index in [0.29, 0.717) is 5.41 Å². The van der Waals surface area contributed by atoms with E-state index in [1.165, 1.54) is 12.8 Å².